The van der Waals surface area contributed by atoms with E-state index in [0.717, 1.165) is 30.0 Å². The Morgan fingerprint density at radius 1 is 1.03 bits per heavy atom. The number of benzene rings is 3. The summed E-state index contributed by atoms with van der Waals surface area (Å²) in [7, 11) is 0. The van der Waals surface area contributed by atoms with Crippen LogP contribution >= 0.6 is 11.6 Å². The molecule has 2 bridgehead atoms. The molecule has 3 aromatic carbocycles. The van der Waals surface area contributed by atoms with Gasteiger partial charge < -0.3 is 16.0 Å². The van der Waals surface area contributed by atoms with Crippen LogP contribution in [0, 0.1) is 5.92 Å². The highest BCUT2D eigenvalue weighted by molar-refractivity contribution is 6.32. The summed E-state index contributed by atoms with van der Waals surface area (Å²) in [6.07, 6.45) is 2.57. The summed E-state index contributed by atoms with van der Waals surface area (Å²) >= 11 is 6.31. The summed E-state index contributed by atoms with van der Waals surface area (Å²) < 4.78 is 1.50. The number of rotatable bonds is 5. The van der Waals surface area contributed by atoms with Crippen LogP contribution in [0.2, 0.25) is 5.02 Å². The Balaban J connectivity index is 1.29. The lowest BCUT2D eigenvalue weighted by molar-refractivity contribution is -0.141. The number of nitrogens with one attached hydrogen (secondary N) is 1. The summed E-state index contributed by atoms with van der Waals surface area (Å²) in [5, 5.41) is 10.3. The standard InChI is InChI=1S/C27H24ClN5O3/c28-17-11-15-5-1-2-6-19(15)21(13-17)30-27(36)25-16-9-10-18(12-16)33(25)23(34)14-32-22-8-4-3-7-20(22)24(31-32)26(29)35/h1-8,11,13,16,18,25H,9-10,12,14H2,(H2,29,35)(H,30,36)/t16-,18+,25-/m0/s1. The van der Waals surface area contributed by atoms with Crippen LogP contribution in [-0.2, 0) is 16.1 Å². The van der Waals surface area contributed by atoms with Gasteiger partial charge in [-0.2, -0.15) is 5.10 Å². The predicted octanol–water partition coefficient (Wildman–Crippen LogP) is 3.96. The highest BCUT2D eigenvalue weighted by Crippen LogP contribution is 2.43. The number of halogens is 1. The van der Waals surface area contributed by atoms with Crippen molar-refractivity contribution in [2.45, 2.75) is 37.9 Å². The molecule has 3 N–H and O–H groups in total. The molecule has 1 aromatic heterocycles. The third kappa shape index (κ3) is 3.69. The Bertz CT molecular complexity index is 1550. The fourth-order valence-corrected chi connectivity index (χ4v) is 6.13. The van der Waals surface area contributed by atoms with E-state index in [0.29, 0.717) is 21.6 Å². The predicted molar refractivity (Wildman–Crippen MR) is 138 cm³/mol. The van der Waals surface area contributed by atoms with Gasteiger partial charge in [-0.15, -0.1) is 0 Å². The van der Waals surface area contributed by atoms with Gasteiger partial charge in [-0.25, -0.2) is 0 Å². The average Bonchev–Trinajstić information content (AvgIpc) is 3.57. The molecular weight excluding hydrogens is 478 g/mol. The van der Waals surface area contributed by atoms with E-state index < -0.39 is 11.9 Å². The molecule has 3 atom stereocenters. The minimum Gasteiger partial charge on any atom is -0.364 e. The van der Waals surface area contributed by atoms with E-state index in [1.807, 2.05) is 36.4 Å². The van der Waals surface area contributed by atoms with Crippen molar-refractivity contribution >= 4 is 56.7 Å². The van der Waals surface area contributed by atoms with Crippen molar-refractivity contribution in [1.82, 2.24) is 14.7 Å². The number of piperidine rings is 1. The Labute approximate surface area is 212 Å². The number of carbonyl (C=O) groups is 3. The number of aromatic nitrogens is 2. The van der Waals surface area contributed by atoms with Crippen molar-refractivity contribution in [3.8, 4) is 0 Å². The molecule has 1 saturated carbocycles. The Kier molecular flexibility index (Phi) is 5.41. The second-order valence-electron chi connectivity index (χ2n) is 9.52. The van der Waals surface area contributed by atoms with Crippen molar-refractivity contribution < 1.29 is 14.4 Å². The van der Waals surface area contributed by atoms with Crippen LogP contribution in [0.4, 0.5) is 5.69 Å². The number of primary amides is 1. The van der Waals surface area contributed by atoms with Gasteiger partial charge in [0.05, 0.1) is 11.2 Å². The lowest BCUT2D eigenvalue weighted by Gasteiger charge is -2.34. The van der Waals surface area contributed by atoms with Crippen LogP contribution in [0.1, 0.15) is 29.8 Å². The third-order valence-electron chi connectivity index (χ3n) is 7.40. The van der Waals surface area contributed by atoms with Crippen LogP contribution in [-0.4, -0.2) is 44.5 Å². The molecule has 0 spiro atoms. The largest absolute Gasteiger partial charge is 0.364 e. The number of anilines is 1. The van der Waals surface area contributed by atoms with Crippen molar-refractivity contribution in [1.29, 1.82) is 0 Å². The van der Waals surface area contributed by atoms with Gasteiger partial charge in [-0.05, 0) is 48.8 Å². The Morgan fingerprint density at radius 3 is 2.58 bits per heavy atom. The average molecular weight is 502 g/mol. The third-order valence-corrected chi connectivity index (χ3v) is 7.62. The van der Waals surface area contributed by atoms with Gasteiger partial charge in [0.2, 0.25) is 11.8 Å². The van der Waals surface area contributed by atoms with E-state index in [2.05, 4.69) is 10.4 Å². The molecule has 182 valence electrons. The fraction of sp³-hybridized carbons (Fsp3) is 0.259. The molecule has 2 heterocycles. The number of nitrogens with zero attached hydrogens (tertiary/aromatic N) is 3. The van der Waals surface area contributed by atoms with Crippen LogP contribution in [0.25, 0.3) is 21.7 Å². The molecule has 0 unspecified atom stereocenters. The summed E-state index contributed by atoms with van der Waals surface area (Å²) in [6.45, 7) is -0.0825. The van der Waals surface area contributed by atoms with E-state index in [4.69, 9.17) is 17.3 Å². The summed E-state index contributed by atoms with van der Waals surface area (Å²) in [5.41, 5.74) is 6.91. The molecule has 1 saturated heterocycles. The number of para-hydroxylation sites is 1. The van der Waals surface area contributed by atoms with Gasteiger partial charge in [-0.3, -0.25) is 19.1 Å². The quantitative estimate of drug-likeness (QED) is 0.431. The molecule has 3 amide bonds. The van der Waals surface area contributed by atoms with E-state index in [1.165, 1.54) is 4.68 Å². The molecule has 9 heteroatoms. The lowest BCUT2D eigenvalue weighted by atomic mass is 9.97. The second-order valence-corrected chi connectivity index (χ2v) is 9.96. The highest BCUT2D eigenvalue weighted by atomic mass is 35.5. The van der Waals surface area contributed by atoms with Gasteiger partial charge in [0, 0.05) is 21.8 Å². The zero-order valence-corrected chi connectivity index (χ0v) is 20.1. The monoisotopic (exact) mass is 501 g/mol. The molecule has 6 rings (SSSR count). The van der Waals surface area contributed by atoms with Gasteiger partial charge in [0.1, 0.15) is 12.6 Å². The smallest absolute Gasteiger partial charge is 0.269 e. The van der Waals surface area contributed by atoms with Crippen LogP contribution in [0.3, 0.4) is 0 Å². The molecule has 0 radical (unpaired) electrons. The number of hydrogen-bond acceptors (Lipinski definition) is 4. The van der Waals surface area contributed by atoms with Crippen LogP contribution in [0.15, 0.2) is 60.7 Å². The summed E-state index contributed by atoms with van der Waals surface area (Å²) in [6, 6.07) is 17.9. The molecule has 2 fully saturated rings. The normalized spacial score (nSPS) is 20.8. The maximum Gasteiger partial charge on any atom is 0.269 e. The number of fused-ring (bicyclic) bond motifs is 4. The van der Waals surface area contributed by atoms with Crippen molar-refractivity contribution in [3.05, 3.63) is 71.4 Å². The van der Waals surface area contributed by atoms with Gasteiger partial charge >= 0.3 is 0 Å². The second kappa shape index (κ2) is 8.64. The maximum absolute atomic E-state index is 13.6. The van der Waals surface area contributed by atoms with Crippen molar-refractivity contribution in [2.75, 3.05) is 5.32 Å². The molecule has 4 aromatic rings. The molecule has 1 aliphatic heterocycles. The van der Waals surface area contributed by atoms with Crippen molar-refractivity contribution in [2.24, 2.45) is 11.7 Å². The van der Waals surface area contributed by atoms with E-state index in [-0.39, 0.29) is 36.0 Å². The van der Waals surface area contributed by atoms with E-state index in [9.17, 15) is 14.4 Å². The number of likely N-dealkylation sites (tertiary alicyclic amines) is 1. The number of hydrogen-bond donors (Lipinski definition) is 2. The first kappa shape index (κ1) is 22.5. The zero-order valence-electron chi connectivity index (χ0n) is 19.4. The first-order valence-corrected chi connectivity index (χ1v) is 12.3. The van der Waals surface area contributed by atoms with Crippen molar-refractivity contribution in [3.63, 3.8) is 0 Å². The zero-order chi connectivity index (χ0) is 25.0. The fourth-order valence-electron chi connectivity index (χ4n) is 5.91. The lowest BCUT2D eigenvalue weighted by Crippen LogP contribution is -2.52. The summed E-state index contributed by atoms with van der Waals surface area (Å²) in [5.74, 6) is -0.975. The van der Waals surface area contributed by atoms with Gasteiger partial charge in [-0.1, -0.05) is 54.1 Å². The van der Waals surface area contributed by atoms with E-state index in [1.54, 1.807) is 29.2 Å². The topological polar surface area (TPSA) is 110 Å². The first-order chi connectivity index (χ1) is 17.4. The van der Waals surface area contributed by atoms with E-state index >= 15 is 0 Å². The van der Waals surface area contributed by atoms with Gasteiger partial charge in [0.25, 0.3) is 5.91 Å². The van der Waals surface area contributed by atoms with Gasteiger partial charge in [0.15, 0.2) is 5.69 Å². The Morgan fingerprint density at radius 2 is 1.78 bits per heavy atom. The molecule has 2 aliphatic rings. The minimum absolute atomic E-state index is 0.00629. The SMILES string of the molecule is NC(=O)c1nn(CC(=O)N2[C@@H]3CC[C@@H](C3)[C@H]2C(=O)Nc2cc(Cl)cc3ccccc23)c2ccccc12. The van der Waals surface area contributed by atoms with Crippen LogP contribution < -0.4 is 11.1 Å². The molecule has 36 heavy (non-hydrogen) atoms. The molecule has 1 aliphatic carbocycles. The van der Waals surface area contributed by atoms with Crippen LogP contribution in [0.5, 0.6) is 0 Å². The first-order valence-electron chi connectivity index (χ1n) is 12.0. The number of carbonyl (C=O) groups excluding carboxylic acids is 3. The number of nitrogens with two attached hydrogens (primary N) is 1. The molecular formula is C27H24ClN5O3. The molecule has 8 nitrogen and oxygen atoms in total. The highest BCUT2D eigenvalue weighted by Gasteiger charge is 2.51. The summed E-state index contributed by atoms with van der Waals surface area (Å²) in [4.78, 5) is 40.8. The maximum atomic E-state index is 13.6. The number of amides is 3. The Hall–Kier alpha value is -3.91. The minimum atomic E-state index is -0.649.